The molecule has 0 spiro atoms. The van der Waals surface area contributed by atoms with Gasteiger partial charge in [-0.15, -0.1) is 11.3 Å². The summed E-state index contributed by atoms with van der Waals surface area (Å²) in [5, 5.41) is -0.827. The average molecular weight is 293 g/mol. The Hall–Kier alpha value is -0.700. The van der Waals surface area contributed by atoms with Crippen molar-refractivity contribution in [1.29, 1.82) is 0 Å². The Balaban J connectivity index is 1.81. The maximum Gasteiger partial charge on any atom is 0.443 e. The third-order valence-electron chi connectivity index (χ3n) is 3.83. The molecule has 0 amide bonds. The highest BCUT2D eigenvalue weighted by atomic mass is 32.1. The highest BCUT2D eigenvalue weighted by Crippen LogP contribution is 2.46. The Labute approximate surface area is 112 Å². The van der Waals surface area contributed by atoms with Crippen LogP contribution in [-0.4, -0.2) is 17.2 Å². The number of thiazole rings is 1. The van der Waals surface area contributed by atoms with E-state index in [2.05, 4.69) is 10.4 Å². The second kappa shape index (κ2) is 4.69. The fraction of sp³-hybridized carbons (Fsp3) is 0.727. The minimum absolute atomic E-state index is 0.0995. The van der Waals surface area contributed by atoms with E-state index in [1.54, 1.807) is 0 Å². The topological polar surface area (TPSA) is 60.2 Å². The van der Waals surface area contributed by atoms with Gasteiger partial charge < -0.3 is 4.74 Å². The van der Waals surface area contributed by atoms with Gasteiger partial charge in [0.05, 0.1) is 18.2 Å². The van der Waals surface area contributed by atoms with Crippen LogP contribution in [0.15, 0.2) is 6.20 Å². The zero-order chi connectivity index (χ0) is 13.6. The van der Waals surface area contributed by atoms with Gasteiger partial charge in [0.15, 0.2) is 5.01 Å². The van der Waals surface area contributed by atoms with Crippen LogP contribution in [0.4, 0.5) is 13.2 Å². The first-order valence-corrected chi connectivity index (χ1v) is 6.95. The van der Waals surface area contributed by atoms with Crippen LogP contribution in [0.25, 0.3) is 0 Å². The van der Waals surface area contributed by atoms with E-state index in [9.17, 15) is 13.2 Å². The molecule has 4 atom stereocenters. The van der Waals surface area contributed by atoms with E-state index in [4.69, 9.17) is 10.6 Å². The van der Waals surface area contributed by atoms with E-state index in [1.807, 2.05) is 0 Å². The predicted octanol–water partition coefficient (Wildman–Crippen LogP) is 2.23. The maximum absolute atomic E-state index is 12.6. The lowest BCUT2D eigenvalue weighted by Crippen LogP contribution is -2.37. The average Bonchev–Trinajstić information content (AvgIpc) is 3.04. The number of nitrogens with zero attached hydrogens (tertiary/aromatic N) is 1. The van der Waals surface area contributed by atoms with Crippen molar-refractivity contribution in [2.75, 3.05) is 0 Å². The quantitative estimate of drug-likeness (QED) is 0.663. The Kier molecular flexibility index (Phi) is 3.28. The van der Waals surface area contributed by atoms with Crippen LogP contribution in [0, 0.1) is 5.92 Å². The van der Waals surface area contributed by atoms with E-state index in [0.717, 1.165) is 19.3 Å². The molecule has 2 saturated heterocycles. The second-order valence-electron chi connectivity index (χ2n) is 4.98. The molecule has 3 rings (SSSR count). The molecule has 0 saturated carbocycles. The summed E-state index contributed by atoms with van der Waals surface area (Å²) in [6, 6.07) is -0.316. The van der Waals surface area contributed by atoms with Crippen molar-refractivity contribution in [3.63, 3.8) is 0 Å². The third-order valence-corrected chi connectivity index (χ3v) is 4.96. The van der Waals surface area contributed by atoms with Gasteiger partial charge in [-0.1, -0.05) is 0 Å². The minimum atomic E-state index is -4.40. The summed E-state index contributed by atoms with van der Waals surface area (Å²) in [5.74, 6) is 5.66. The molecule has 3 heterocycles. The molecule has 4 nitrogen and oxygen atoms in total. The molecule has 0 radical (unpaired) electrons. The minimum Gasteiger partial charge on any atom is -0.375 e. The number of rotatable bonds is 3. The lowest BCUT2D eigenvalue weighted by atomic mass is 9.83. The number of halogens is 3. The molecule has 1 aromatic heterocycles. The predicted molar refractivity (Wildman–Crippen MR) is 63.2 cm³/mol. The Morgan fingerprint density at radius 1 is 1.47 bits per heavy atom. The van der Waals surface area contributed by atoms with Crippen molar-refractivity contribution in [3.05, 3.63) is 16.1 Å². The lowest BCUT2D eigenvalue weighted by Gasteiger charge is -2.26. The van der Waals surface area contributed by atoms with Crippen molar-refractivity contribution >= 4 is 11.3 Å². The summed E-state index contributed by atoms with van der Waals surface area (Å²) in [4.78, 5) is 3.97. The highest BCUT2D eigenvalue weighted by Gasteiger charge is 2.45. The van der Waals surface area contributed by atoms with Crippen molar-refractivity contribution in [1.82, 2.24) is 10.4 Å². The van der Waals surface area contributed by atoms with Crippen LogP contribution in [0.3, 0.4) is 0 Å². The Bertz CT molecular complexity index is 464. The zero-order valence-electron chi connectivity index (χ0n) is 9.98. The summed E-state index contributed by atoms with van der Waals surface area (Å²) in [5.41, 5.74) is 2.63. The zero-order valence-corrected chi connectivity index (χ0v) is 10.8. The van der Waals surface area contributed by atoms with E-state index in [0.29, 0.717) is 16.2 Å². The molecule has 0 aromatic carbocycles. The van der Waals surface area contributed by atoms with E-state index in [-0.39, 0.29) is 24.2 Å². The summed E-state index contributed by atoms with van der Waals surface area (Å²) >= 11 is 0.653. The number of alkyl halides is 3. The maximum atomic E-state index is 12.6. The number of aromatic nitrogens is 1. The number of hydrogen-bond acceptors (Lipinski definition) is 5. The van der Waals surface area contributed by atoms with Crippen LogP contribution < -0.4 is 11.3 Å². The molecule has 2 aliphatic rings. The van der Waals surface area contributed by atoms with Crippen LogP contribution in [0.2, 0.25) is 0 Å². The van der Waals surface area contributed by atoms with E-state index in [1.165, 1.54) is 6.20 Å². The number of ether oxygens (including phenoxy) is 1. The van der Waals surface area contributed by atoms with Gasteiger partial charge in [-0.3, -0.25) is 11.3 Å². The summed E-state index contributed by atoms with van der Waals surface area (Å²) < 4.78 is 43.4. The largest absolute Gasteiger partial charge is 0.443 e. The number of hydrazine groups is 1. The molecule has 3 N–H and O–H groups in total. The van der Waals surface area contributed by atoms with Gasteiger partial charge >= 0.3 is 6.18 Å². The molecule has 2 bridgehead atoms. The van der Waals surface area contributed by atoms with Gasteiger partial charge in [-0.25, -0.2) is 4.98 Å². The lowest BCUT2D eigenvalue weighted by molar-refractivity contribution is -0.137. The summed E-state index contributed by atoms with van der Waals surface area (Å²) in [6.07, 6.45) is 0.0482. The van der Waals surface area contributed by atoms with Gasteiger partial charge in [0, 0.05) is 17.0 Å². The van der Waals surface area contributed by atoms with Crippen LogP contribution in [-0.2, 0) is 10.9 Å². The SMILES string of the molecule is NNC(c1cnc(C(F)(F)F)s1)C1CC2CCC1O2. The molecule has 19 heavy (non-hydrogen) atoms. The molecule has 8 heteroatoms. The standard InChI is InChI=1S/C11H14F3N3OS/c12-11(13,14)10-16-4-8(19-10)9(17-15)6-3-5-1-2-7(6)18-5/h4-7,9,17H,1-3,15H2. The first-order valence-electron chi connectivity index (χ1n) is 6.13. The van der Waals surface area contributed by atoms with Crippen molar-refractivity contribution in [2.24, 2.45) is 11.8 Å². The fourth-order valence-electron chi connectivity index (χ4n) is 3.01. The summed E-state index contributed by atoms with van der Waals surface area (Å²) in [7, 11) is 0. The fourth-order valence-corrected chi connectivity index (χ4v) is 3.93. The van der Waals surface area contributed by atoms with Gasteiger partial charge in [-0.2, -0.15) is 13.2 Å². The number of hydrogen-bond donors (Lipinski definition) is 2. The van der Waals surface area contributed by atoms with Gasteiger partial charge in [-0.05, 0) is 19.3 Å². The van der Waals surface area contributed by atoms with Crippen molar-refractivity contribution in [3.8, 4) is 0 Å². The molecular weight excluding hydrogens is 279 g/mol. The van der Waals surface area contributed by atoms with Gasteiger partial charge in [0.25, 0.3) is 0 Å². The molecule has 4 unspecified atom stereocenters. The van der Waals surface area contributed by atoms with Crippen molar-refractivity contribution < 1.29 is 17.9 Å². The molecule has 2 fully saturated rings. The number of nitrogens with one attached hydrogen (secondary N) is 1. The number of fused-ring (bicyclic) bond motifs is 2. The molecular formula is C11H14F3N3OS. The van der Waals surface area contributed by atoms with E-state index < -0.39 is 11.2 Å². The normalized spacial score (nSPS) is 31.9. The first-order chi connectivity index (χ1) is 8.99. The van der Waals surface area contributed by atoms with Crippen LogP contribution in [0.5, 0.6) is 0 Å². The Morgan fingerprint density at radius 2 is 2.26 bits per heavy atom. The molecule has 0 aliphatic carbocycles. The van der Waals surface area contributed by atoms with Gasteiger partial charge in [0.2, 0.25) is 0 Å². The van der Waals surface area contributed by atoms with E-state index >= 15 is 0 Å². The number of nitrogens with two attached hydrogens (primary N) is 1. The summed E-state index contributed by atoms with van der Waals surface area (Å²) in [6.45, 7) is 0. The smallest absolute Gasteiger partial charge is 0.375 e. The van der Waals surface area contributed by atoms with Gasteiger partial charge in [0.1, 0.15) is 0 Å². The Morgan fingerprint density at radius 3 is 2.74 bits per heavy atom. The molecule has 2 aliphatic heterocycles. The second-order valence-corrected chi connectivity index (χ2v) is 6.05. The third kappa shape index (κ3) is 2.37. The highest BCUT2D eigenvalue weighted by molar-refractivity contribution is 7.11. The van der Waals surface area contributed by atoms with Crippen LogP contribution in [0.1, 0.15) is 35.2 Å². The molecule has 1 aromatic rings. The monoisotopic (exact) mass is 293 g/mol. The van der Waals surface area contributed by atoms with Crippen molar-refractivity contribution in [2.45, 2.75) is 43.7 Å². The molecule has 106 valence electrons. The van der Waals surface area contributed by atoms with Crippen LogP contribution >= 0.6 is 11.3 Å². The first kappa shape index (κ1) is 13.3.